The molecular formula is C14H20N2O2. The van der Waals surface area contributed by atoms with Crippen LogP contribution < -0.4 is 4.90 Å². The van der Waals surface area contributed by atoms with Crippen molar-refractivity contribution in [1.82, 2.24) is 4.90 Å². The second-order valence-electron chi connectivity index (χ2n) is 4.92. The van der Waals surface area contributed by atoms with E-state index < -0.39 is 6.10 Å². The van der Waals surface area contributed by atoms with Crippen molar-refractivity contribution in [3.8, 4) is 0 Å². The molecule has 2 rings (SSSR count). The third-order valence-corrected chi connectivity index (χ3v) is 3.25. The fraction of sp³-hybridized carbons (Fsp3) is 0.500. The fourth-order valence-corrected chi connectivity index (χ4v) is 2.35. The van der Waals surface area contributed by atoms with Crippen molar-refractivity contribution in [2.24, 2.45) is 0 Å². The summed E-state index contributed by atoms with van der Waals surface area (Å²) >= 11 is 0. The van der Waals surface area contributed by atoms with Crippen LogP contribution in [0.2, 0.25) is 0 Å². The lowest BCUT2D eigenvalue weighted by molar-refractivity contribution is -0.130. The molecule has 1 N–H and O–H groups in total. The molecule has 4 heteroatoms. The molecular weight excluding hydrogens is 228 g/mol. The minimum Gasteiger partial charge on any atom is -0.392 e. The molecule has 1 aliphatic rings. The summed E-state index contributed by atoms with van der Waals surface area (Å²) in [7, 11) is 1.84. The monoisotopic (exact) mass is 248 g/mol. The third-order valence-electron chi connectivity index (χ3n) is 3.25. The summed E-state index contributed by atoms with van der Waals surface area (Å²) in [5.74, 6) is 0.153. The summed E-state index contributed by atoms with van der Waals surface area (Å²) in [6.45, 7) is 3.62. The molecule has 1 unspecified atom stereocenters. The zero-order chi connectivity index (χ0) is 13.1. The van der Waals surface area contributed by atoms with Gasteiger partial charge >= 0.3 is 0 Å². The first-order chi connectivity index (χ1) is 8.58. The lowest BCUT2D eigenvalue weighted by atomic mass is 10.1. The molecule has 1 amide bonds. The van der Waals surface area contributed by atoms with Crippen LogP contribution in [0.1, 0.15) is 18.9 Å². The van der Waals surface area contributed by atoms with Crippen LogP contribution in [0.4, 0.5) is 5.69 Å². The average Bonchev–Trinajstić information content (AvgIpc) is 2.33. The summed E-state index contributed by atoms with van der Waals surface area (Å²) in [5.41, 5.74) is 2.26. The molecule has 1 atom stereocenters. The average molecular weight is 248 g/mol. The van der Waals surface area contributed by atoms with Gasteiger partial charge in [-0.1, -0.05) is 18.2 Å². The largest absolute Gasteiger partial charge is 0.392 e. The van der Waals surface area contributed by atoms with Crippen molar-refractivity contribution < 1.29 is 9.90 Å². The number of nitrogens with zero attached hydrogens (tertiary/aromatic N) is 2. The number of β-amino-alcohol motifs (C(OH)–C–C–N with tert-alkyl or cyclic N) is 1. The molecule has 1 aliphatic heterocycles. The molecule has 4 nitrogen and oxygen atoms in total. The Bertz CT molecular complexity index is 432. The van der Waals surface area contributed by atoms with Gasteiger partial charge in [0.1, 0.15) is 0 Å². The number of anilines is 1. The van der Waals surface area contributed by atoms with E-state index in [1.807, 2.05) is 25.2 Å². The van der Waals surface area contributed by atoms with Crippen molar-refractivity contribution in [2.45, 2.75) is 26.0 Å². The Morgan fingerprint density at radius 1 is 1.39 bits per heavy atom. The van der Waals surface area contributed by atoms with E-state index in [0.717, 1.165) is 11.3 Å². The zero-order valence-corrected chi connectivity index (χ0v) is 11.0. The predicted molar refractivity (Wildman–Crippen MR) is 71.4 cm³/mol. The molecule has 1 aromatic carbocycles. The van der Waals surface area contributed by atoms with Gasteiger partial charge in [-0.15, -0.1) is 0 Å². The van der Waals surface area contributed by atoms with Gasteiger partial charge in [0.25, 0.3) is 0 Å². The number of aliphatic hydroxyl groups excluding tert-OH is 1. The number of benzene rings is 1. The SMILES string of the molecule is CC(O)CN1CCC(=O)N(C)Cc2ccccc21. The van der Waals surface area contributed by atoms with Gasteiger partial charge < -0.3 is 14.9 Å². The molecule has 0 bridgehead atoms. The maximum absolute atomic E-state index is 11.8. The first kappa shape index (κ1) is 12.9. The van der Waals surface area contributed by atoms with Crippen molar-refractivity contribution in [1.29, 1.82) is 0 Å². The lowest BCUT2D eigenvalue weighted by Gasteiger charge is -2.32. The van der Waals surface area contributed by atoms with Crippen molar-refractivity contribution in [2.75, 3.05) is 25.0 Å². The van der Waals surface area contributed by atoms with Crippen LogP contribution >= 0.6 is 0 Å². The molecule has 1 heterocycles. The van der Waals surface area contributed by atoms with Crippen LogP contribution in [0.3, 0.4) is 0 Å². The molecule has 0 saturated carbocycles. The highest BCUT2D eigenvalue weighted by Gasteiger charge is 2.20. The Balaban J connectivity index is 2.32. The second kappa shape index (κ2) is 5.40. The Morgan fingerprint density at radius 3 is 2.83 bits per heavy atom. The summed E-state index contributed by atoms with van der Waals surface area (Å²) in [5, 5.41) is 9.57. The van der Waals surface area contributed by atoms with E-state index >= 15 is 0 Å². The van der Waals surface area contributed by atoms with E-state index in [1.54, 1.807) is 11.8 Å². The number of hydrogen-bond acceptors (Lipinski definition) is 3. The van der Waals surface area contributed by atoms with Gasteiger partial charge in [0.15, 0.2) is 0 Å². The van der Waals surface area contributed by atoms with E-state index in [0.29, 0.717) is 26.1 Å². The van der Waals surface area contributed by atoms with Gasteiger partial charge in [-0.2, -0.15) is 0 Å². The fourth-order valence-electron chi connectivity index (χ4n) is 2.35. The molecule has 0 saturated heterocycles. The maximum Gasteiger partial charge on any atom is 0.224 e. The van der Waals surface area contributed by atoms with Crippen LogP contribution in [-0.2, 0) is 11.3 Å². The number of fused-ring (bicyclic) bond motifs is 1. The number of hydrogen-bond donors (Lipinski definition) is 1. The molecule has 0 aromatic heterocycles. The molecule has 98 valence electrons. The molecule has 0 fully saturated rings. The zero-order valence-electron chi connectivity index (χ0n) is 11.0. The van der Waals surface area contributed by atoms with Crippen molar-refractivity contribution >= 4 is 11.6 Å². The number of aliphatic hydroxyl groups is 1. The van der Waals surface area contributed by atoms with Crippen LogP contribution in [0.5, 0.6) is 0 Å². The predicted octanol–water partition coefficient (Wildman–Crippen LogP) is 1.24. The highest BCUT2D eigenvalue weighted by atomic mass is 16.3. The topological polar surface area (TPSA) is 43.8 Å². The second-order valence-corrected chi connectivity index (χ2v) is 4.92. The number of carbonyl (C=O) groups is 1. The summed E-state index contributed by atoms with van der Waals surface area (Å²) in [4.78, 5) is 15.7. The van der Waals surface area contributed by atoms with Gasteiger partial charge in [-0.25, -0.2) is 0 Å². The van der Waals surface area contributed by atoms with Crippen LogP contribution in [-0.4, -0.2) is 42.2 Å². The summed E-state index contributed by atoms with van der Waals surface area (Å²) in [6.07, 6.45) is 0.0997. The number of amides is 1. The van der Waals surface area contributed by atoms with Gasteiger partial charge in [0.05, 0.1) is 6.10 Å². The van der Waals surface area contributed by atoms with E-state index in [2.05, 4.69) is 11.0 Å². The summed E-state index contributed by atoms with van der Waals surface area (Å²) < 4.78 is 0. The first-order valence-electron chi connectivity index (χ1n) is 6.33. The molecule has 1 aromatic rings. The Kier molecular flexibility index (Phi) is 3.87. The molecule has 0 spiro atoms. The third kappa shape index (κ3) is 2.82. The molecule has 0 aliphatic carbocycles. The van der Waals surface area contributed by atoms with Crippen LogP contribution in [0.25, 0.3) is 0 Å². The molecule has 18 heavy (non-hydrogen) atoms. The Labute approximate surface area is 108 Å². The van der Waals surface area contributed by atoms with Gasteiger partial charge in [-0.05, 0) is 18.6 Å². The van der Waals surface area contributed by atoms with E-state index in [4.69, 9.17) is 0 Å². The van der Waals surface area contributed by atoms with E-state index in [-0.39, 0.29) is 5.91 Å². The quantitative estimate of drug-likeness (QED) is 0.856. The highest BCUT2D eigenvalue weighted by molar-refractivity contribution is 5.77. The van der Waals surface area contributed by atoms with E-state index in [1.165, 1.54) is 0 Å². The van der Waals surface area contributed by atoms with Gasteiger partial charge in [-0.3, -0.25) is 4.79 Å². The minimum absolute atomic E-state index is 0.153. The van der Waals surface area contributed by atoms with Crippen LogP contribution in [0, 0.1) is 0 Å². The minimum atomic E-state index is -0.398. The van der Waals surface area contributed by atoms with Gasteiger partial charge in [0, 0.05) is 38.8 Å². The number of carbonyl (C=O) groups excluding carboxylic acids is 1. The highest BCUT2D eigenvalue weighted by Crippen LogP contribution is 2.24. The van der Waals surface area contributed by atoms with Gasteiger partial charge in [0.2, 0.25) is 5.91 Å². The normalized spacial score (nSPS) is 18.1. The Hall–Kier alpha value is -1.55. The number of rotatable bonds is 2. The number of para-hydroxylation sites is 1. The summed E-state index contributed by atoms with van der Waals surface area (Å²) in [6, 6.07) is 8.08. The Morgan fingerprint density at radius 2 is 2.11 bits per heavy atom. The van der Waals surface area contributed by atoms with Crippen molar-refractivity contribution in [3.63, 3.8) is 0 Å². The standard InChI is InChI=1S/C14H20N2O2/c1-11(17)9-16-8-7-14(18)15(2)10-12-5-3-4-6-13(12)16/h3-6,11,17H,7-10H2,1-2H3. The van der Waals surface area contributed by atoms with Crippen molar-refractivity contribution in [3.05, 3.63) is 29.8 Å². The molecule has 0 radical (unpaired) electrons. The van der Waals surface area contributed by atoms with Crippen LogP contribution in [0.15, 0.2) is 24.3 Å². The lowest BCUT2D eigenvalue weighted by Crippen LogP contribution is -2.38. The smallest absolute Gasteiger partial charge is 0.224 e. The van der Waals surface area contributed by atoms with E-state index in [9.17, 15) is 9.90 Å². The first-order valence-corrected chi connectivity index (χ1v) is 6.33. The maximum atomic E-state index is 11.8.